The van der Waals surface area contributed by atoms with Gasteiger partial charge in [-0.1, -0.05) is 26.5 Å². The van der Waals surface area contributed by atoms with Crippen molar-refractivity contribution >= 4 is 44.8 Å². The Hall–Kier alpha value is -1.98. The molecule has 144 valence electrons. The van der Waals surface area contributed by atoms with Crippen molar-refractivity contribution < 1.29 is 9.59 Å². The number of Topliss-reactive ketones (excluding diaryl/α,β-unsaturated/α-hetero) is 2. The number of hydrogen-bond donors (Lipinski definition) is 0. The van der Waals surface area contributed by atoms with Gasteiger partial charge in [0.25, 0.3) is 0 Å². The van der Waals surface area contributed by atoms with E-state index in [1.165, 1.54) is 0 Å². The normalized spacial score (nSPS) is 16.3. The Balaban J connectivity index is 2.15. The molecule has 0 fully saturated rings. The first-order valence-corrected chi connectivity index (χ1v) is 10.5. The number of carbonyl (C=O) groups excluding carboxylic acids is 2. The molecule has 0 spiro atoms. The van der Waals surface area contributed by atoms with Gasteiger partial charge in [0.2, 0.25) is 0 Å². The first-order chi connectivity index (χ1) is 13.0. The number of ketones is 2. The summed E-state index contributed by atoms with van der Waals surface area (Å²) in [5.74, 6) is 0.346. The summed E-state index contributed by atoms with van der Waals surface area (Å²) in [5, 5.41) is 0. The predicted molar refractivity (Wildman–Crippen MR) is 115 cm³/mol. The van der Waals surface area contributed by atoms with Crippen LogP contribution in [0.25, 0.3) is 21.9 Å². The van der Waals surface area contributed by atoms with Gasteiger partial charge >= 0.3 is 0 Å². The van der Waals surface area contributed by atoms with E-state index in [1.807, 2.05) is 12.1 Å². The summed E-state index contributed by atoms with van der Waals surface area (Å²) in [6, 6.07) is 2.02. The highest BCUT2D eigenvalue weighted by molar-refractivity contribution is 7.21. The summed E-state index contributed by atoms with van der Waals surface area (Å²) in [6.07, 6.45) is 5.73. The number of rotatable bonds is 6. The third-order valence-electron chi connectivity index (χ3n) is 5.34. The number of fused-ring (bicyclic) bond motifs is 3. The second-order valence-electron chi connectivity index (χ2n) is 7.07. The van der Waals surface area contributed by atoms with E-state index < -0.39 is 0 Å². The lowest BCUT2D eigenvalue weighted by atomic mass is 10.0. The van der Waals surface area contributed by atoms with E-state index in [2.05, 4.69) is 36.0 Å². The molecule has 3 rings (SSSR count). The molecule has 1 aliphatic carbocycles. The zero-order valence-corrected chi connectivity index (χ0v) is 17.3. The highest BCUT2D eigenvalue weighted by Gasteiger charge is 2.22. The maximum absolute atomic E-state index is 12.0. The molecule has 0 N–H and O–H groups in total. The summed E-state index contributed by atoms with van der Waals surface area (Å²) in [7, 11) is 0. The summed E-state index contributed by atoms with van der Waals surface area (Å²) < 4.78 is 3.43. The Morgan fingerprint density at radius 2 is 2.04 bits per heavy atom. The summed E-state index contributed by atoms with van der Waals surface area (Å²) in [6.45, 7) is 14.1. The number of thiophene rings is 1. The second kappa shape index (κ2) is 8.36. The van der Waals surface area contributed by atoms with Crippen molar-refractivity contribution in [3.63, 3.8) is 0 Å². The minimum Gasteiger partial charge on any atom is -0.338 e. The van der Waals surface area contributed by atoms with Crippen molar-refractivity contribution in [3.8, 4) is 0 Å². The fourth-order valence-corrected chi connectivity index (χ4v) is 4.83. The van der Waals surface area contributed by atoms with Gasteiger partial charge in [0.05, 0.1) is 15.1 Å². The van der Waals surface area contributed by atoms with Crippen LogP contribution in [0.1, 0.15) is 61.0 Å². The van der Waals surface area contributed by atoms with Crippen molar-refractivity contribution in [3.05, 3.63) is 34.9 Å². The van der Waals surface area contributed by atoms with Crippen LogP contribution in [0.4, 0.5) is 0 Å². The van der Waals surface area contributed by atoms with Gasteiger partial charge in [0.15, 0.2) is 5.78 Å². The number of carbonyl (C=O) groups is 2. The molecule has 0 saturated carbocycles. The SMILES string of the molecule is C=C1CCC(=O)C/C=C\c2c1c1sc(C(C)=O)cc1n2CCN(CC)CC. The van der Waals surface area contributed by atoms with Gasteiger partial charge in [-0.05, 0) is 44.1 Å². The Kier molecular flexibility index (Phi) is 6.12. The number of aromatic nitrogens is 1. The molecule has 0 bridgehead atoms. The number of nitrogens with zero attached hydrogens (tertiary/aromatic N) is 2. The largest absolute Gasteiger partial charge is 0.338 e. The monoisotopic (exact) mass is 384 g/mol. The van der Waals surface area contributed by atoms with Crippen molar-refractivity contribution in [2.24, 2.45) is 0 Å². The maximum Gasteiger partial charge on any atom is 0.169 e. The summed E-state index contributed by atoms with van der Waals surface area (Å²) in [4.78, 5) is 27.1. The highest BCUT2D eigenvalue weighted by atomic mass is 32.1. The molecule has 27 heavy (non-hydrogen) atoms. The van der Waals surface area contributed by atoms with Crippen LogP contribution in [0.5, 0.6) is 0 Å². The lowest BCUT2D eigenvalue weighted by Crippen LogP contribution is -2.27. The molecule has 0 atom stereocenters. The average Bonchev–Trinajstić information content (AvgIpc) is 3.19. The third kappa shape index (κ3) is 3.99. The standard InChI is InChI=1S/C22H28N2O2S/c1-5-23(6-2)12-13-24-18-9-7-8-17(26)11-10-15(3)21(18)22-19(24)14-20(27-22)16(4)25/h7,9,14H,3,5-6,8,10-13H2,1-2,4H3/b9-7-. The molecule has 0 saturated heterocycles. The van der Waals surface area contributed by atoms with Gasteiger partial charge in [0.1, 0.15) is 5.78 Å². The molecule has 0 aliphatic heterocycles. The van der Waals surface area contributed by atoms with Gasteiger partial charge < -0.3 is 9.47 Å². The Morgan fingerprint density at radius 3 is 2.70 bits per heavy atom. The second-order valence-corrected chi connectivity index (χ2v) is 8.12. The lowest BCUT2D eigenvalue weighted by molar-refractivity contribution is -0.118. The van der Waals surface area contributed by atoms with E-state index >= 15 is 0 Å². The summed E-state index contributed by atoms with van der Waals surface area (Å²) in [5.41, 5.74) is 4.35. The number of allylic oxidation sites excluding steroid dienone is 2. The van der Waals surface area contributed by atoms with Crippen LogP contribution in [0.3, 0.4) is 0 Å². The van der Waals surface area contributed by atoms with Gasteiger partial charge in [-0.15, -0.1) is 11.3 Å². The van der Waals surface area contributed by atoms with Gasteiger partial charge in [-0.25, -0.2) is 0 Å². The first-order valence-electron chi connectivity index (χ1n) is 9.71. The molecule has 1 aliphatic rings. The van der Waals surface area contributed by atoms with Crippen LogP contribution in [0.15, 0.2) is 18.7 Å². The van der Waals surface area contributed by atoms with Crippen LogP contribution < -0.4 is 0 Å². The van der Waals surface area contributed by atoms with Gasteiger partial charge in [0, 0.05) is 37.2 Å². The zero-order valence-electron chi connectivity index (χ0n) is 16.5. The Morgan fingerprint density at radius 1 is 1.30 bits per heavy atom. The van der Waals surface area contributed by atoms with E-state index in [4.69, 9.17) is 0 Å². The molecule has 5 heteroatoms. The molecule has 4 nitrogen and oxygen atoms in total. The van der Waals surface area contributed by atoms with E-state index in [0.29, 0.717) is 19.3 Å². The van der Waals surface area contributed by atoms with Crippen molar-refractivity contribution in [1.29, 1.82) is 0 Å². The topological polar surface area (TPSA) is 42.3 Å². The van der Waals surface area contributed by atoms with Crippen molar-refractivity contribution in [1.82, 2.24) is 9.47 Å². The Labute approximate surface area is 165 Å². The maximum atomic E-state index is 12.0. The molecule has 2 aromatic heterocycles. The van der Waals surface area contributed by atoms with E-state index in [-0.39, 0.29) is 11.6 Å². The molecule has 0 amide bonds. The molecule has 2 heterocycles. The average molecular weight is 385 g/mol. The number of likely N-dealkylation sites (N-methyl/N-ethyl adjacent to an activating group) is 1. The third-order valence-corrected chi connectivity index (χ3v) is 6.58. The van der Waals surface area contributed by atoms with Crippen LogP contribution in [-0.4, -0.2) is 40.7 Å². The predicted octanol–water partition coefficient (Wildman–Crippen LogP) is 5.03. The molecular weight excluding hydrogens is 356 g/mol. The van der Waals surface area contributed by atoms with E-state index in [1.54, 1.807) is 18.3 Å². The fourth-order valence-electron chi connectivity index (χ4n) is 3.67. The van der Waals surface area contributed by atoms with Gasteiger partial charge in [-0.3, -0.25) is 9.59 Å². The van der Waals surface area contributed by atoms with Crippen LogP contribution >= 0.6 is 11.3 Å². The molecule has 2 aromatic rings. The van der Waals surface area contributed by atoms with Crippen molar-refractivity contribution in [2.75, 3.05) is 19.6 Å². The smallest absolute Gasteiger partial charge is 0.169 e. The van der Waals surface area contributed by atoms with Crippen molar-refractivity contribution in [2.45, 2.75) is 46.6 Å². The van der Waals surface area contributed by atoms with Crippen LogP contribution in [0, 0.1) is 0 Å². The quantitative estimate of drug-likeness (QED) is 0.656. The zero-order chi connectivity index (χ0) is 19.6. The van der Waals surface area contributed by atoms with E-state index in [9.17, 15) is 9.59 Å². The van der Waals surface area contributed by atoms with Gasteiger partial charge in [-0.2, -0.15) is 0 Å². The first kappa shape index (κ1) is 19.8. The minimum atomic E-state index is 0.0969. The lowest BCUT2D eigenvalue weighted by Gasteiger charge is -2.19. The summed E-state index contributed by atoms with van der Waals surface area (Å²) >= 11 is 1.55. The molecular formula is C22H28N2O2S. The molecule has 0 aromatic carbocycles. The highest BCUT2D eigenvalue weighted by Crippen LogP contribution is 2.40. The molecule has 0 unspecified atom stereocenters. The molecule has 0 radical (unpaired) electrons. The number of hydrogen-bond acceptors (Lipinski definition) is 4. The minimum absolute atomic E-state index is 0.0969. The van der Waals surface area contributed by atoms with Crippen LogP contribution in [0.2, 0.25) is 0 Å². The Bertz CT molecular complexity index is 913. The van der Waals surface area contributed by atoms with E-state index in [0.717, 1.165) is 58.1 Å². The fraction of sp³-hybridized carbons (Fsp3) is 0.455. The van der Waals surface area contributed by atoms with Crippen LogP contribution in [-0.2, 0) is 11.3 Å².